The average Bonchev–Trinajstić information content (AvgIpc) is 3.83. The fourth-order valence-electron chi connectivity index (χ4n) is 8.70. The Kier molecular flexibility index (Phi) is 7.14. The van der Waals surface area contributed by atoms with Crippen LogP contribution in [0.2, 0.25) is 0 Å². The number of anilines is 2. The van der Waals surface area contributed by atoms with Gasteiger partial charge in [0.2, 0.25) is 11.8 Å². The number of para-hydroxylation sites is 1. The lowest BCUT2D eigenvalue weighted by atomic mass is 9.68. The molecule has 2 saturated carbocycles. The van der Waals surface area contributed by atoms with Gasteiger partial charge in [-0.1, -0.05) is 75.8 Å². The summed E-state index contributed by atoms with van der Waals surface area (Å²) in [4.78, 5) is 59.1. The van der Waals surface area contributed by atoms with Crippen molar-refractivity contribution < 1.29 is 19.1 Å². The van der Waals surface area contributed by atoms with E-state index in [1.807, 2.05) is 91.0 Å². The number of nitrogens with zero attached hydrogens (tertiary/aromatic N) is 1. The Morgan fingerprint density at radius 3 is 2.46 bits per heavy atom. The highest BCUT2D eigenvalue weighted by Gasteiger charge is 2.69. The van der Waals surface area contributed by atoms with E-state index in [1.54, 1.807) is 11.8 Å². The van der Waals surface area contributed by atoms with Crippen molar-refractivity contribution in [3.8, 4) is 5.75 Å². The molecule has 48 heavy (non-hydrogen) atoms. The second-order valence-corrected chi connectivity index (χ2v) is 16.0. The predicted octanol–water partition coefficient (Wildman–Crippen LogP) is 7.05. The van der Waals surface area contributed by atoms with E-state index in [2.05, 4.69) is 26.2 Å². The normalized spacial score (nSPS) is 26.8. The fraction of sp³-hybridized carbons (Fsp3) is 0.243. The molecule has 6 unspecified atom stereocenters. The Morgan fingerprint density at radius 2 is 1.65 bits per heavy atom. The van der Waals surface area contributed by atoms with E-state index in [1.165, 1.54) is 16.2 Å². The van der Waals surface area contributed by atoms with E-state index < -0.39 is 5.92 Å². The molecule has 240 valence electrons. The monoisotopic (exact) mass is 737 g/mol. The summed E-state index contributed by atoms with van der Waals surface area (Å²) in [5.74, 6) is -1.07. The lowest BCUT2D eigenvalue weighted by molar-refractivity contribution is -0.123. The Labute approximate surface area is 292 Å². The first-order chi connectivity index (χ1) is 23.4. The van der Waals surface area contributed by atoms with Gasteiger partial charge in [-0.3, -0.25) is 24.1 Å². The number of nitrogens with one attached hydrogen (secondary N) is 2. The third kappa shape index (κ3) is 4.69. The van der Waals surface area contributed by atoms with Crippen molar-refractivity contribution in [1.29, 1.82) is 0 Å². The quantitative estimate of drug-likeness (QED) is 0.181. The average molecular weight is 739 g/mol. The van der Waals surface area contributed by atoms with Crippen LogP contribution in [0.1, 0.15) is 22.8 Å². The highest BCUT2D eigenvalue weighted by molar-refractivity contribution is 9.10. The number of hydrogen-bond acceptors (Lipinski definition) is 7. The van der Waals surface area contributed by atoms with E-state index in [-0.39, 0.29) is 64.0 Å². The van der Waals surface area contributed by atoms with Crippen LogP contribution in [0.3, 0.4) is 0 Å². The summed E-state index contributed by atoms with van der Waals surface area (Å²) in [5.41, 5.74) is 2.15. The summed E-state index contributed by atoms with van der Waals surface area (Å²) < 4.78 is 7.11. The number of ether oxygens (including phenoxy) is 1. The van der Waals surface area contributed by atoms with Crippen LogP contribution >= 0.6 is 39.0 Å². The first-order valence-electron chi connectivity index (χ1n) is 15.9. The molecule has 1 aromatic heterocycles. The summed E-state index contributed by atoms with van der Waals surface area (Å²) >= 11 is 6.49. The number of thiazole rings is 1. The molecule has 7 atom stereocenters. The summed E-state index contributed by atoms with van der Waals surface area (Å²) in [5, 5.41) is 5.92. The number of carbonyl (C=O) groups excluding carboxylic acids is 3. The van der Waals surface area contributed by atoms with Crippen molar-refractivity contribution in [3.63, 3.8) is 0 Å². The van der Waals surface area contributed by atoms with Gasteiger partial charge in [-0.15, -0.1) is 11.8 Å². The van der Waals surface area contributed by atoms with Crippen molar-refractivity contribution >= 4 is 78.9 Å². The minimum atomic E-state index is -0.409. The van der Waals surface area contributed by atoms with Crippen molar-refractivity contribution in [2.24, 2.45) is 29.6 Å². The number of amides is 3. The third-order valence-corrected chi connectivity index (χ3v) is 13.5. The number of benzene rings is 4. The molecule has 0 radical (unpaired) electrons. The molecule has 4 aliphatic rings. The van der Waals surface area contributed by atoms with Gasteiger partial charge in [-0.2, -0.15) is 0 Å². The van der Waals surface area contributed by atoms with Crippen LogP contribution in [-0.2, 0) is 14.4 Å². The number of hydrogen-bond donors (Lipinski definition) is 2. The summed E-state index contributed by atoms with van der Waals surface area (Å²) in [6, 6.07) is 28.7. The predicted molar refractivity (Wildman–Crippen MR) is 190 cm³/mol. The van der Waals surface area contributed by atoms with E-state index in [4.69, 9.17) is 4.74 Å². The van der Waals surface area contributed by atoms with E-state index in [0.29, 0.717) is 17.1 Å². The molecule has 2 bridgehead atoms. The van der Waals surface area contributed by atoms with Gasteiger partial charge in [0.25, 0.3) is 5.91 Å². The molecule has 3 amide bonds. The summed E-state index contributed by atoms with van der Waals surface area (Å²) in [7, 11) is 0. The molecule has 9 rings (SSSR count). The Morgan fingerprint density at radius 1 is 0.896 bits per heavy atom. The minimum Gasteiger partial charge on any atom is -0.483 e. The molecule has 0 spiro atoms. The van der Waals surface area contributed by atoms with Crippen molar-refractivity contribution in [1.82, 2.24) is 4.98 Å². The standard InChI is InChI=1S/C37H28BrN3O5S2/c38-20-11-13-26(46-17-27(42)39-21-12-10-18-6-4-5-7-19(18)14-21)23(15-20)28-29-24-16-25(32(29)47-34-33(28)48-37(45)40-34)31-30(24)35(43)41(36(31)44)22-8-2-1-3-9-22/h1-15,24-25,28-32H,16-17H2,(H,39,42)(H,40,45)/t24?,25?,28-,29?,30?,31?,32?/m1/s1. The smallest absolute Gasteiger partial charge is 0.305 e. The Balaban J connectivity index is 1.04. The van der Waals surface area contributed by atoms with Crippen molar-refractivity contribution in [3.05, 3.63) is 116 Å². The SMILES string of the molecule is O=C(COc1ccc(Br)cc1[C@H]1c2sc(=O)[nH]c2SC2C3CC(C4C(=O)N(c5ccccc5)C(=O)C34)C21)Nc1ccc2ccccc2c1. The van der Waals surface area contributed by atoms with Gasteiger partial charge >= 0.3 is 4.87 Å². The van der Waals surface area contributed by atoms with Gasteiger partial charge in [0.05, 0.1) is 22.5 Å². The van der Waals surface area contributed by atoms with Crippen LogP contribution < -0.4 is 19.8 Å². The number of aromatic amines is 1. The number of halogens is 1. The first-order valence-corrected chi connectivity index (χ1v) is 18.4. The third-order valence-electron chi connectivity index (χ3n) is 10.4. The highest BCUT2D eigenvalue weighted by Crippen LogP contribution is 2.69. The zero-order valence-corrected chi connectivity index (χ0v) is 28.5. The number of H-pyrrole nitrogens is 1. The Bertz CT molecular complexity index is 2200. The van der Waals surface area contributed by atoms with Crippen molar-refractivity contribution in [2.75, 3.05) is 16.8 Å². The molecular weight excluding hydrogens is 710 g/mol. The fourth-order valence-corrected chi connectivity index (χ4v) is 12.0. The molecule has 2 aliphatic carbocycles. The van der Waals surface area contributed by atoms with Crippen LogP contribution in [0.15, 0.2) is 105 Å². The number of imide groups is 1. The molecule has 2 N–H and O–H groups in total. The second kappa shape index (κ2) is 11.5. The van der Waals surface area contributed by atoms with E-state index in [9.17, 15) is 19.2 Å². The van der Waals surface area contributed by atoms with Gasteiger partial charge < -0.3 is 15.0 Å². The summed E-state index contributed by atoms with van der Waals surface area (Å²) in [6.45, 7) is -0.205. The van der Waals surface area contributed by atoms with Crippen LogP contribution in [0.25, 0.3) is 10.8 Å². The molecule has 8 nitrogen and oxygen atoms in total. The number of rotatable bonds is 6. The molecule has 11 heteroatoms. The number of thioether (sulfide) groups is 1. The molecule has 3 fully saturated rings. The molecule has 1 saturated heterocycles. The maximum Gasteiger partial charge on any atom is 0.305 e. The molecule has 3 heterocycles. The van der Waals surface area contributed by atoms with Gasteiger partial charge in [-0.25, -0.2) is 0 Å². The summed E-state index contributed by atoms with van der Waals surface area (Å²) in [6.07, 6.45) is 0.784. The van der Waals surface area contributed by atoms with Crippen LogP contribution in [0.4, 0.5) is 11.4 Å². The molecular formula is C37H28BrN3O5S2. The Hall–Kier alpha value is -4.19. The zero-order valence-electron chi connectivity index (χ0n) is 25.3. The number of aromatic nitrogens is 1. The van der Waals surface area contributed by atoms with Gasteiger partial charge in [0.1, 0.15) is 5.75 Å². The van der Waals surface area contributed by atoms with Crippen LogP contribution in [-0.4, -0.2) is 34.6 Å². The highest BCUT2D eigenvalue weighted by atomic mass is 79.9. The lowest BCUT2D eigenvalue weighted by Crippen LogP contribution is -2.42. The largest absolute Gasteiger partial charge is 0.483 e. The van der Waals surface area contributed by atoms with E-state index >= 15 is 0 Å². The van der Waals surface area contributed by atoms with Gasteiger partial charge in [0.15, 0.2) is 6.61 Å². The van der Waals surface area contributed by atoms with Crippen LogP contribution in [0, 0.1) is 29.6 Å². The first kappa shape index (κ1) is 29.9. The maximum atomic E-state index is 14.0. The number of fused-ring (bicyclic) bond motifs is 10. The van der Waals surface area contributed by atoms with Gasteiger partial charge in [-0.05, 0) is 77.4 Å². The molecule has 2 aliphatic heterocycles. The minimum absolute atomic E-state index is 0.00321. The van der Waals surface area contributed by atoms with E-state index in [0.717, 1.165) is 37.1 Å². The number of carbonyl (C=O) groups is 3. The second-order valence-electron chi connectivity index (χ2n) is 12.9. The van der Waals surface area contributed by atoms with Gasteiger partial charge in [0, 0.05) is 31.8 Å². The maximum absolute atomic E-state index is 14.0. The molecule has 5 aromatic rings. The van der Waals surface area contributed by atoms with Crippen LogP contribution in [0.5, 0.6) is 5.75 Å². The molecule has 4 aromatic carbocycles. The lowest BCUT2D eigenvalue weighted by Gasteiger charge is -2.43. The van der Waals surface area contributed by atoms with Crippen molar-refractivity contribution in [2.45, 2.75) is 22.6 Å². The zero-order chi connectivity index (χ0) is 32.7. The topological polar surface area (TPSA) is 109 Å².